The molecule has 1 aromatic carbocycles. The third kappa shape index (κ3) is 1.88. The van der Waals surface area contributed by atoms with Gasteiger partial charge >= 0.3 is 0 Å². The summed E-state index contributed by atoms with van der Waals surface area (Å²) in [6, 6.07) is 5.96. The van der Waals surface area contributed by atoms with Gasteiger partial charge in [-0.15, -0.1) is 0 Å². The number of aliphatic hydroxyl groups excluding tert-OH is 1. The molecule has 0 spiro atoms. The van der Waals surface area contributed by atoms with Crippen LogP contribution in [0.1, 0.15) is 44.7 Å². The van der Waals surface area contributed by atoms with E-state index in [9.17, 15) is 9.90 Å². The van der Waals surface area contributed by atoms with E-state index in [0.717, 1.165) is 34.9 Å². The number of ketones is 1. The summed E-state index contributed by atoms with van der Waals surface area (Å²) >= 11 is 3.49. The highest BCUT2D eigenvalue weighted by atomic mass is 79.9. The Morgan fingerprint density at radius 3 is 2.52 bits per heavy atom. The lowest BCUT2D eigenvalue weighted by Gasteiger charge is -2.30. The zero-order chi connectivity index (χ0) is 16.6. The van der Waals surface area contributed by atoms with Crippen molar-refractivity contribution in [2.24, 2.45) is 11.8 Å². The molecule has 2 bridgehead atoms. The van der Waals surface area contributed by atoms with Crippen LogP contribution in [-0.4, -0.2) is 22.1 Å². The van der Waals surface area contributed by atoms with Crippen molar-refractivity contribution in [3.05, 3.63) is 39.6 Å². The van der Waals surface area contributed by atoms with Gasteiger partial charge in [0.1, 0.15) is 5.76 Å². The van der Waals surface area contributed by atoms with E-state index in [0.29, 0.717) is 5.57 Å². The van der Waals surface area contributed by atoms with Crippen LogP contribution in [-0.2, 0) is 16.0 Å². The fourth-order valence-electron chi connectivity index (χ4n) is 4.95. The number of ether oxygens (including phenoxy) is 1. The molecule has 3 nitrogen and oxygen atoms in total. The molecule has 1 N–H and O–H groups in total. The second-order valence-electron chi connectivity index (χ2n) is 7.46. The van der Waals surface area contributed by atoms with Crippen LogP contribution in [0.3, 0.4) is 0 Å². The van der Waals surface area contributed by atoms with E-state index in [4.69, 9.17) is 4.74 Å². The van der Waals surface area contributed by atoms with Crippen LogP contribution in [0.2, 0.25) is 0 Å². The molecule has 3 aliphatic rings. The molecule has 1 aromatic rings. The standard InChI is InChI=1S/C19H21BrO3/c1-4-10-5-6-11(20)9-12(10)13-16(21)14-15(17(13)22)19(3)8-7-18(14,2)23-19/h5-6,9,14-15,21H,4,7-8H2,1-3H3/t14-,15+,18-,19+/m1/s1. The van der Waals surface area contributed by atoms with E-state index in [1.807, 2.05) is 32.0 Å². The van der Waals surface area contributed by atoms with Crippen LogP contribution in [0.25, 0.3) is 5.57 Å². The van der Waals surface area contributed by atoms with Gasteiger partial charge in [0.2, 0.25) is 0 Å². The van der Waals surface area contributed by atoms with Crippen LogP contribution >= 0.6 is 15.9 Å². The predicted molar refractivity (Wildman–Crippen MR) is 92.2 cm³/mol. The van der Waals surface area contributed by atoms with Crippen LogP contribution in [0, 0.1) is 11.8 Å². The molecule has 4 atom stereocenters. The summed E-state index contributed by atoms with van der Waals surface area (Å²) in [6.07, 6.45) is 2.61. The second-order valence-corrected chi connectivity index (χ2v) is 8.38. The maximum atomic E-state index is 13.2. The van der Waals surface area contributed by atoms with Gasteiger partial charge < -0.3 is 9.84 Å². The molecule has 0 radical (unpaired) electrons. The molecule has 2 saturated heterocycles. The Kier molecular flexibility index (Phi) is 3.15. The Hall–Kier alpha value is -1.13. The van der Waals surface area contributed by atoms with Crippen molar-refractivity contribution < 1.29 is 14.6 Å². The molecule has 2 fully saturated rings. The number of rotatable bonds is 2. The quantitative estimate of drug-likeness (QED) is 0.829. The summed E-state index contributed by atoms with van der Waals surface area (Å²) in [5, 5.41) is 11.0. The third-order valence-corrected chi connectivity index (χ3v) is 6.53. The zero-order valence-corrected chi connectivity index (χ0v) is 15.2. The van der Waals surface area contributed by atoms with Gasteiger partial charge in [-0.3, -0.25) is 4.79 Å². The van der Waals surface area contributed by atoms with Crippen molar-refractivity contribution in [2.45, 2.75) is 51.2 Å². The molecule has 0 unspecified atom stereocenters. The first-order valence-corrected chi connectivity index (χ1v) is 9.06. The molecule has 2 aliphatic heterocycles. The Morgan fingerprint density at radius 1 is 1.26 bits per heavy atom. The minimum Gasteiger partial charge on any atom is -0.511 e. The monoisotopic (exact) mass is 376 g/mol. The topological polar surface area (TPSA) is 46.5 Å². The molecule has 23 heavy (non-hydrogen) atoms. The minimum atomic E-state index is -0.440. The van der Waals surface area contributed by atoms with Crippen LogP contribution < -0.4 is 0 Å². The maximum Gasteiger partial charge on any atom is 0.173 e. The van der Waals surface area contributed by atoms with E-state index in [1.165, 1.54) is 0 Å². The van der Waals surface area contributed by atoms with Crippen LogP contribution in [0.5, 0.6) is 0 Å². The fourth-order valence-corrected chi connectivity index (χ4v) is 5.31. The first kappa shape index (κ1) is 15.4. The highest BCUT2D eigenvalue weighted by Gasteiger charge is 2.69. The van der Waals surface area contributed by atoms with Gasteiger partial charge in [-0.25, -0.2) is 0 Å². The van der Waals surface area contributed by atoms with Gasteiger partial charge in [0.25, 0.3) is 0 Å². The van der Waals surface area contributed by atoms with Crippen LogP contribution in [0.15, 0.2) is 28.4 Å². The number of carbonyl (C=O) groups excluding carboxylic acids is 1. The summed E-state index contributed by atoms with van der Waals surface area (Å²) < 4.78 is 7.12. The van der Waals surface area contributed by atoms with Crippen molar-refractivity contribution in [1.29, 1.82) is 0 Å². The third-order valence-electron chi connectivity index (χ3n) is 6.03. The molecular weight excluding hydrogens is 356 g/mol. The summed E-state index contributed by atoms with van der Waals surface area (Å²) in [5.41, 5.74) is 1.61. The molecule has 0 saturated carbocycles. The summed E-state index contributed by atoms with van der Waals surface area (Å²) in [6.45, 7) is 6.13. The lowest BCUT2D eigenvalue weighted by Crippen LogP contribution is -2.39. The number of hydrogen-bond donors (Lipinski definition) is 1. The highest BCUT2D eigenvalue weighted by Crippen LogP contribution is 2.63. The highest BCUT2D eigenvalue weighted by molar-refractivity contribution is 9.10. The van der Waals surface area contributed by atoms with E-state index in [1.54, 1.807) is 0 Å². The summed E-state index contributed by atoms with van der Waals surface area (Å²) in [7, 11) is 0. The predicted octanol–water partition coefficient (Wildman–Crippen LogP) is 4.44. The zero-order valence-electron chi connectivity index (χ0n) is 13.6. The molecular formula is C19H21BrO3. The van der Waals surface area contributed by atoms with Gasteiger partial charge in [0.05, 0.1) is 28.6 Å². The first-order chi connectivity index (χ1) is 10.8. The van der Waals surface area contributed by atoms with E-state index < -0.39 is 11.2 Å². The summed E-state index contributed by atoms with van der Waals surface area (Å²) in [5.74, 6) is -0.169. The van der Waals surface area contributed by atoms with Crippen LogP contribution in [0.4, 0.5) is 0 Å². The SMILES string of the molecule is CCc1ccc(Br)cc1C1=C(O)[C@H]2[C@@H](C1=O)[C@]1(C)CC[C@@]2(C)O1. The van der Waals surface area contributed by atoms with Crippen molar-refractivity contribution in [2.75, 3.05) is 0 Å². The normalized spacial score (nSPS) is 38.5. The van der Waals surface area contributed by atoms with Crippen molar-refractivity contribution in [1.82, 2.24) is 0 Å². The smallest absolute Gasteiger partial charge is 0.173 e. The number of carbonyl (C=O) groups is 1. The number of aliphatic hydroxyl groups is 1. The Bertz CT molecular complexity index is 753. The number of allylic oxidation sites excluding steroid dienone is 1. The summed E-state index contributed by atoms with van der Waals surface area (Å²) in [4.78, 5) is 13.2. The van der Waals surface area contributed by atoms with Gasteiger partial charge in [-0.05, 0) is 56.4 Å². The fraction of sp³-hybridized carbons (Fsp3) is 0.526. The van der Waals surface area contributed by atoms with E-state index in [2.05, 4.69) is 22.9 Å². The number of fused-ring (bicyclic) bond motifs is 5. The molecule has 4 rings (SSSR count). The molecule has 122 valence electrons. The maximum absolute atomic E-state index is 13.2. The van der Waals surface area contributed by atoms with Crippen molar-refractivity contribution >= 4 is 27.3 Å². The average Bonchev–Trinajstić information content (AvgIpc) is 3.04. The van der Waals surface area contributed by atoms with Crippen molar-refractivity contribution in [3.63, 3.8) is 0 Å². The Balaban J connectivity index is 1.90. The molecule has 4 heteroatoms. The lowest BCUT2D eigenvalue weighted by atomic mass is 9.68. The first-order valence-electron chi connectivity index (χ1n) is 8.27. The molecule has 0 amide bonds. The average molecular weight is 377 g/mol. The largest absolute Gasteiger partial charge is 0.511 e. The van der Waals surface area contributed by atoms with Gasteiger partial charge in [0, 0.05) is 4.47 Å². The number of aryl methyl sites for hydroxylation is 1. The second kappa shape index (κ2) is 4.70. The molecule has 2 heterocycles. The molecule has 0 aromatic heterocycles. The number of Topliss-reactive ketones (excluding diaryl/α,β-unsaturated/α-hetero) is 1. The van der Waals surface area contributed by atoms with Crippen molar-refractivity contribution in [3.8, 4) is 0 Å². The Labute approximate surface area is 144 Å². The van der Waals surface area contributed by atoms with Gasteiger partial charge in [0.15, 0.2) is 5.78 Å². The number of halogens is 1. The number of hydrogen-bond acceptors (Lipinski definition) is 3. The van der Waals surface area contributed by atoms with Gasteiger partial charge in [-0.1, -0.05) is 28.9 Å². The molecule has 1 aliphatic carbocycles. The van der Waals surface area contributed by atoms with Gasteiger partial charge in [-0.2, -0.15) is 0 Å². The lowest BCUT2D eigenvalue weighted by molar-refractivity contribution is -0.121. The van der Waals surface area contributed by atoms with E-state index in [-0.39, 0.29) is 23.4 Å². The van der Waals surface area contributed by atoms with E-state index >= 15 is 0 Å². The number of benzene rings is 1. The minimum absolute atomic E-state index is 0.0474. The Morgan fingerprint density at radius 2 is 1.91 bits per heavy atom.